The van der Waals surface area contributed by atoms with Gasteiger partial charge in [-0.3, -0.25) is 4.79 Å². The molecule has 1 unspecified atom stereocenters. The van der Waals surface area contributed by atoms with Gasteiger partial charge >= 0.3 is 5.63 Å². The Balaban J connectivity index is 2.50. The number of rotatable bonds is 4. The molecule has 1 atom stereocenters. The van der Waals surface area contributed by atoms with E-state index in [0.717, 1.165) is 0 Å². The minimum Gasteiger partial charge on any atom is -0.508 e. The summed E-state index contributed by atoms with van der Waals surface area (Å²) in [6.45, 7) is 1.75. The first kappa shape index (κ1) is 13.3. The summed E-state index contributed by atoms with van der Waals surface area (Å²) >= 11 is 0. The summed E-state index contributed by atoms with van der Waals surface area (Å²) in [4.78, 5) is 23.4. The van der Waals surface area contributed by atoms with Crippen molar-refractivity contribution in [1.29, 1.82) is 0 Å². The first-order chi connectivity index (χ1) is 9.02. The number of phenols is 1. The van der Waals surface area contributed by atoms with E-state index >= 15 is 0 Å². The zero-order chi connectivity index (χ0) is 14.0. The number of hydrogen-bond acceptors (Lipinski definition) is 6. The predicted octanol–water partition coefficient (Wildman–Crippen LogP) is 1.04. The molecule has 0 saturated carbocycles. The molecule has 1 aromatic heterocycles. The van der Waals surface area contributed by atoms with Crippen LogP contribution in [0.3, 0.4) is 0 Å². The van der Waals surface area contributed by atoms with Gasteiger partial charge in [-0.05, 0) is 25.1 Å². The summed E-state index contributed by atoms with van der Waals surface area (Å²) in [6.07, 6.45) is -1.69. The van der Waals surface area contributed by atoms with E-state index in [-0.39, 0.29) is 23.5 Å². The number of carbonyl (C=O) groups is 1. The maximum atomic E-state index is 11.8. The van der Waals surface area contributed by atoms with Crippen LogP contribution in [0.15, 0.2) is 33.5 Å². The monoisotopic (exact) mass is 264 g/mol. The highest BCUT2D eigenvalue weighted by molar-refractivity contribution is 6.00. The van der Waals surface area contributed by atoms with Crippen molar-refractivity contribution in [2.45, 2.75) is 13.2 Å². The lowest BCUT2D eigenvalue weighted by atomic mass is 10.1. The molecule has 0 fully saturated rings. The van der Waals surface area contributed by atoms with Crippen molar-refractivity contribution in [3.63, 3.8) is 0 Å². The summed E-state index contributed by atoms with van der Waals surface area (Å²) in [5, 5.41) is 19.2. The maximum Gasteiger partial charge on any atom is 0.347 e. The molecule has 0 aliphatic carbocycles. The van der Waals surface area contributed by atoms with Crippen molar-refractivity contribution in [1.82, 2.24) is 0 Å². The Morgan fingerprint density at radius 1 is 1.42 bits per heavy atom. The second-order valence-electron chi connectivity index (χ2n) is 3.84. The van der Waals surface area contributed by atoms with Gasteiger partial charge in [0.15, 0.2) is 0 Å². The molecule has 6 nitrogen and oxygen atoms in total. The lowest BCUT2D eigenvalue weighted by molar-refractivity contribution is -0.0676. The Bertz CT molecular complexity index is 672. The number of Topliss-reactive ketones (excluding diaryl/α,β-unsaturated/α-hetero) is 1. The van der Waals surface area contributed by atoms with Crippen molar-refractivity contribution < 1.29 is 24.2 Å². The van der Waals surface area contributed by atoms with Gasteiger partial charge in [0.05, 0.1) is 0 Å². The van der Waals surface area contributed by atoms with Gasteiger partial charge in [-0.2, -0.15) is 0 Å². The number of aliphatic hydroxyl groups excluding tert-OH is 1. The number of aromatic hydroxyl groups is 1. The zero-order valence-electron chi connectivity index (χ0n) is 10.1. The molecule has 2 N–H and O–H groups in total. The molecule has 100 valence electrons. The average Bonchev–Trinajstić information content (AvgIpc) is 2.37. The van der Waals surface area contributed by atoms with Crippen LogP contribution in [0.25, 0.3) is 11.0 Å². The van der Waals surface area contributed by atoms with E-state index in [1.54, 1.807) is 6.92 Å². The van der Waals surface area contributed by atoms with Crippen LogP contribution in [0.2, 0.25) is 0 Å². The third-order valence-electron chi connectivity index (χ3n) is 2.53. The number of hydrogen-bond donors (Lipinski definition) is 2. The van der Waals surface area contributed by atoms with Crippen LogP contribution in [0, 0.1) is 0 Å². The van der Waals surface area contributed by atoms with Gasteiger partial charge in [0, 0.05) is 18.1 Å². The van der Waals surface area contributed by atoms with E-state index in [1.807, 2.05) is 0 Å². The van der Waals surface area contributed by atoms with Crippen LogP contribution in [-0.2, 0) is 4.74 Å². The highest BCUT2D eigenvalue weighted by Crippen LogP contribution is 2.19. The fourth-order valence-corrected chi connectivity index (χ4v) is 1.64. The van der Waals surface area contributed by atoms with E-state index in [1.165, 1.54) is 24.3 Å². The molecule has 6 heteroatoms. The lowest BCUT2D eigenvalue weighted by Gasteiger charge is -2.08. The van der Waals surface area contributed by atoms with Crippen molar-refractivity contribution in [2.75, 3.05) is 6.61 Å². The first-order valence-corrected chi connectivity index (χ1v) is 5.63. The van der Waals surface area contributed by atoms with Crippen LogP contribution in [-0.4, -0.2) is 28.9 Å². The van der Waals surface area contributed by atoms with E-state index in [9.17, 15) is 19.8 Å². The van der Waals surface area contributed by atoms with Crippen molar-refractivity contribution in [2.24, 2.45) is 0 Å². The highest BCUT2D eigenvalue weighted by atomic mass is 16.6. The molecule has 2 aromatic rings. The second-order valence-corrected chi connectivity index (χ2v) is 3.84. The van der Waals surface area contributed by atoms with Crippen LogP contribution in [0.1, 0.15) is 17.3 Å². The molecule has 0 aliphatic rings. The normalized spacial score (nSPS) is 12.5. The van der Waals surface area contributed by atoms with Gasteiger partial charge in [0.2, 0.25) is 12.1 Å². The Labute approximate surface area is 107 Å². The van der Waals surface area contributed by atoms with Gasteiger partial charge < -0.3 is 19.4 Å². The number of aliphatic hydroxyl groups is 1. The summed E-state index contributed by atoms with van der Waals surface area (Å²) in [5.41, 5.74) is -1.02. The molecule has 1 heterocycles. The summed E-state index contributed by atoms with van der Waals surface area (Å²) in [6, 6.07) is 5.46. The number of carbonyl (C=O) groups excluding carboxylic acids is 1. The molecular weight excluding hydrogens is 252 g/mol. The van der Waals surface area contributed by atoms with Crippen molar-refractivity contribution in [3.05, 3.63) is 40.2 Å². The largest absolute Gasteiger partial charge is 0.508 e. The molecule has 2 rings (SSSR count). The van der Waals surface area contributed by atoms with E-state index < -0.39 is 17.7 Å². The summed E-state index contributed by atoms with van der Waals surface area (Å²) < 4.78 is 9.65. The van der Waals surface area contributed by atoms with Gasteiger partial charge in [0.25, 0.3) is 0 Å². The predicted molar refractivity (Wildman–Crippen MR) is 66.1 cm³/mol. The Hall–Kier alpha value is -2.18. The van der Waals surface area contributed by atoms with Gasteiger partial charge in [-0.15, -0.1) is 0 Å². The molecule has 0 radical (unpaired) electrons. The third-order valence-corrected chi connectivity index (χ3v) is 2.53. The molecular formula is C13H12O6. The Kier molecular flexibility index (Phi) is 3.64. The summed E-state index contributed by atoms with van der Waals surface area (Å²) in [7, 11) is 0. The quantitative estimate of drug-likeness (QED) is 0.486. The van der Waals surface area contributed by atoms with Crippen molar-refractivity contribution >= 4 is 16.8 Å². The third kappa shape index (κ3) is 2.64. The fraction of sp³-hybridized carbons (Fsp3) is 0.231. The molecule has 0 spiro atoms. The topological polar surface area (TPSA) is 97.0 Å². The molecule has 0 aliphatic heterocycles. The second kappa shape index (κ2) is 5.21. The molecule has 1 aromatic carbocycles. The number of ether oxygens (including phenoxy) is 1. The molecule has 19 heavy (non-hydrogen) atoms. The maximum absolute atomic E-state index is 11.8. The van der Waals surface area contributed by atoms with Crippen molar-refractivity contribution in [3.8, 4) is 5.75 Å². The molecule has 0 saturated heterocycles. The number of ketones is 1. The number of benzene rings is 1. The van der Waals surface area contributed by atoms with E-state index in [4.69, 9.17) is 9.15 Å². The van der Waals surface area contributed by atoms with E-state index in [0.29, 0.717) is 5.39 Å². The standard InChI is InChI=1S/C13H12O6/c1-2-18-13(17)11(15)9-5-7-3-4-8(14)6-10(7)19-12(9)16/h3-6,13-14,17H,2H2,1H3. The Morgan fingerprint density at radius 3 is 2.84 bits per heavy atom. The van der Waals surface area contributed by atoms with Crippen LogP contribution >= 0.6 is 0 Å². The van der Waals surface area contributed by atoms with Gasteiger partial charge in [-0.25, -0.2) is 4.79 Å². The average molecular weight is 264 g/mol. The van der Waals surface area contributed by atoms with Gasteiger partial charge in [0.1, 0.15) is 16.9 Å². The zero-order valence-corrected chi connectivity index (χ0v) is 10.1. The molecule has 0 amide bonds. The number of phenolic OH excluding ortho intramolecular Hbond substituents is 1. The van der Waals surface area contributed by atoms with Crippen LogP contribution < -0.4 is 5.63 Å². The fourth-order valence-electron chi connectivity index (χ4n) is 1.64. The molecule has 0 bridgehead atoms. The SMILES string of the molecule is CCOC(O)C(=O)c1cc2ccc(O)cc2oc1=O. The number of fused-ring (bicyclic) bond motifs is 1. The summed E-state index contributed by atoms with van der Waals surface area (Å²) in [5.74, 6) is -0.908. The van der Waals surface area contributed by atoms with Crippen LogP contribution in [0.5, 0.6) is 5.75 Å². The Morgan fingerprint density at radius 2 is 2.16 bits per heavy atom. The van der Waals surface area contributed by atoms with Gasteiger partial charge in [-0.1, -0.05) is 0 Å². The lowest BCUT2D eigenvalue weighted by Crippen LogP contribution is -2.28. The highest BCUT2D eigenvalue weighted by Gasteiger charge is 2.22. The van der Waals surface area contributed by atoms with E-state index in [2.05, 4.69) is 0 Å². The smallest absolute Gasteiger partial charge is 0.347 e. The minimum absolute atomic E-state index is 0.0518. The minimum atomic E-state index is -1.69. The van der Waals surface area contributed by atoms with Crippen LogP contribution in [0.4, 0.5) is 0 Å². The first-order valence-electron chi connectivity index (χ1n) is 5.63.